The maximum Gasteiger partial charge on any atom is 0.356 e. The zero-order valence-corrected chi connectivity index (χ0v) is 14.8. The normalized spacial score (nSPS) is 24.4. The summed E-state index contributed by atoms with van der Waals surface area (Å²) in [4.78, 5) is 11.9. The molecule has 0 bridgehead atoms. The summed E-state index contributed by atoms with van der Waals surface area (Å²) in [6.07, 6.45) is 4.01. The molecule has 1 aliphatic heterocycles. The van der Waals surface area contributed by atoms with E-state index in [2.05, 4.69) is 12.0 Å². The van der Waals surface area contributed by atoms with Gasteiger partial charge in [0.25, 0.3) is 0 Å². The highest BCUT2D eigenvalue weighted by Crippen LogP contribution is 2.43. The van der Waals surface area contributed by atoms with Crippen molar-refractivity contribution >= 4 is 15.8 Å². The third kappa shape index (κ3) is 2.57. The molecule has 0 spiro atoms. The number of carboxylic acid groups (broad SMARTS) is 1. The molecule has 7 heteroatoms. The van der Waals surface area contributed by atoms with Crippen LogP contribution in [-0.2, 0) is 15.6 Å². The van der Waals surface area contributed by atoms with Gasteiger partial charge in [-0.1, -0.05) is 25.1 Å². The first-order chi connectivity index (χ1) is 11.9. The van der Waals surface area contributed by atoms with Gasteiger partial charge >= 0.3 is 5.97 Å². The minimum Gasteiger partial charge on any atom is -0.476 e. The molecule has 1 saturated carbocycles. The number of rotatable bonds is 2. The molecule has 0 amide bonds. The first-order valence-electron chi connectivity index (χ1n) is 8.55. The maximum atomic E-state index is 12.6. The zero-order valence-electron chi connectivity index (χ0n) is 14.0. The molecule has 1 aliphatic carbocycles. The fourth-order valence-electron chi connectivity index (χ4n) is 4.02. The average molecular weight is 360 g/mol. The Morgan fingerprint density at radius 3 is 2.56 bits per heavy atom. The van der Waals surface area contributed by atoms with Crippen LogP contribution >= 0.6 is 0 Å². The van der Waals surface area contributed by atoms with Crippen molar-refractivity contribution in [3.05, 3.63) is 35.5 Å². The van der Waals surface area contributed by atoms with Crippen molar-refractivity contribution in [1.82, 2.24) is 9.78 Å². The van der Waals surface area contributed by atoms with Gasteiger partial charge in [-0.15, -0.1) is 0 Å². The summed E-state index contributed by atoms with van der Waals surface area (Å²) in [5, 5.41) is 13.9. The van der Waals surface area contributed by atoms with Gasteiger partial charge in [0.15, 0.2) is 15.5 Å². The van der Waals surface area contributed by atoms with Crippen LogP contribution in [0.25, 0.3) is 11.3 Å². The van der Waals surface area contributed by atoms with E-state index in [0.29, 0.717) is 22.7 Å². The lowest BCUT2D eigenvalue weighted by Crippen LogP contribution is -2.20. The van der Waals surface area contributed by atoms with E-state index in [0.717, 1.165) is 25.7 Å². The Bertz CT molecular complexity index is 953. The molecule has 6 nitrogen and oxygen atoms in total. The van der Waals surface area contributed by atoms with Crippen molar-refractivity contribution in [1.29, 1.82) is 0 Å². The minimum absolute atomic E-state index is 0.118. The summed E-state index contributed by atoms with van der Waals surface area (Å²) < 4.78 is 27.0. The first kappa shape index (κ1) is 16.3. The Balaban J connectivity index is 1.94. The maximum absolute atomic E-state index is 12.6. The van der Waals surface area contributed by atoms with Gasteiger partial charge in [0.2, 0.25) is 0 Å². The molecule has 1 fully saturated rings. The summed E-state index contributed by atoms with van der Waals surface area (Å²) in [5.41, 5.74) is 1.43. The van der Waals surface area contributed by atoms with Gasteiger partial charge in [-0.05, 0) is 37.7 Å². The second kappa shape index (κ2) is 5.69. The number of fused-ring (bicyclic) bond motifs is 3. The molecule has 1 aromatic carbocycles. The van der Waals surface area contributed by atoms with Gasteiger partial charge in [0, 0.05) is 11.1 Å². The predicted molar refractivity (Wildman–Crippen MR) is 92.2 cm³/mol. The third-order valence-corrected chi connectivity index (χ3v) is 7.05. The average Bonchev–Trinajstić information content (AvgIpc) is 2.94. The minimum atomic E-state index is -3.55. The molecule has 2 aromatic rings. The standard InChI is InChI=1S/C18H20N2O4S/c1-11-6-8-12(9-7-11)20-17-13-4-2-3-5-15(13)25(23,24)10-14(17)16(19-20)18(21)22/h2-5,11-12H,6-10H2,1H3,(H,21,22). The van der Waals surface area contributed by atoms with Crippen LogP contribution in [0.3, 0.4) is 0 Å². The van der Waals surface area contributed by atoms with Gasteiger partial charge < -0.3 is 5.11 Å². The molecular formula is C18H20N2O4S. The molecule has 0 atom stereocenters. The molecule has 2 aliphatic rings. The first-order valence-corrected chi connectivity index (χ1v) is 10.2. The molecule has 1 N–H and O–H groups in total. The number of hydrogen-bond donors (Lipinski definition) is 1. The fraction of sp³-hybridized carbons (Fsp3) is 0.444. The fourth-order valence-corrected chi connectivity index (χ4v) is 5.61. The van der Waals surface area contributed by atoms with Gasteiger partial charge in [-0.25, -0.2) is 13.2 Å². The SMILES string of the molecule is CC1CCC(n2nc(C(=O)O)c3c2-c2ccccc2S(=O)(=O)C3)CC1. The predicted octanol–water partition coefficient (Wildman–Crippen LogP) is 3.29. The van der Waals surface area contributed by atoms with Crippen molar-refractivity contribution in [2.24, 2.45) is 5.92 Å². The Morgan fingerprint density at radius 1 is 1.20 bits per heavy atom. The van der Waals surface area contributed by atoms with Crippen LogP contribution in [0.4, 0.5) is 0 Å². The van der Waals surface area contributed by atoms with E-state index in [1.807, 2.05) is 0 Å². The molecule has 132 valence electrons. The highest BCUT2D eigenvalue weighted by atomic mass is 32.2. The van der Waals surface area contributed by atoms with Gasteiger partial charge in [-0.2, -0.15) is 5.10 Å². The highest BCUT2D eigenvalue weighted by Gasteiger charge is 2.37. The molecule has 0 saturated heterocycles. The second-order valence-electron chi connectivity index (χ2n) is 7.09. The van der Waals surface area contributed by atoms with Crippen LogP contribution in [0.5, 0.6) is 0 Å². The summed E-state index contributed by atoms with van der Waals surface area (Å²) >= 11 is 0. The van der Waals surface area contributed by atoms with Crippen LogP contribution < -0.4 is 0 Å². The quantitative estimate of drug-likeness (QED) is 0.888. The number of carbonyl (C=O) groups is 1. The van der Waals surface area contributed by atoms with E-state index in [1.54, 1.807) is 28.9 Å². The topological polar surface area (TPSA) is 89.3 Å². The Morgan fingerprint density at radius 2 is 1.88 bits per heavy atom. The molecule has 0 unspecified atom stereocenters. The number of aromatic carboxylic acids is 1. The number of nitrogens with zero attached hydrogens (tertiary/aromatic N) is 2. The smallest absolute Gasteiger partial charge is 0.356 e. The van der Waals surface area contributed by atoms with E-state index in [-0.39, 0.29) is 22.4 Å². The number of sulfone groups is 1. The van der Waals surface area contributed by atoms with E-state index in [1.165, 1.54) is 0 Å². The number of benzene rings is 1. The van der Waals surface area contributed by atoms with Crippen LogP contribution in [0.15, 0.2) is 29.2 Å². The van der Waals surface area contributed by atoms with Crippen LogP contribution in [-0.4, -0.2) is 29.3 Å². The zero-order chi connectivity index (χ0) is 17.8. The molecule has 4 rings (SSSR count). The van der Waals surface area contributed by atoms with E-state index in [4.69, 9.17) is 0 Å². The Hall–Kier alpha value is -2.15. The van der Waals surface area contributed by atoms with E-state index < -0.39 is 15.8 Å². The lowest BCUT2D eigenvalue weighted by molar-refractivity contribution is 0.0688. The van der Waals surface area contributed by atoms with Crippen molar-refractivity contribution in [2.45, 2.75) is 49.3 Å². The third-order valence-electron chi connectivity index (χ3n) is 5.35. The van der Waals surface area contributed by atoms with Crippen molar-refractivity contribution in [3.8, 4) is 11.3 Å². The van der Waals surface area contributed by atoms with Crippen molar-refractivity contribution in [2.75, 3.05) is 0 Å². The number of carboxylic acids is 1. The van der Waals surface area contributed by atoms with Crippen LogP contribution in [0, 0.1) is 5.92 Å². The van der Waals surface area contributed by atoms with Crippen molar-refractivity contribution < 1.29 is 18.3 Å². The lowest BCUT2D eigenvalue weighted by Gasteiger charge is -2.29. The second-order valence-corrected chi connectivity index (χ2v) is 9.05. The molecular weight excluding hydrogens is 340 g/mol. The van der Waals surface area contributed by atoms with Crippen molar-refractivity contribution in [3.63, 3.8) is 0 Å². The largest absolute Gasteiger partial charge is 0.476 e. The molecule has 0 radical (unpaired) electrons. The van der Waals surface area contributed by atoms with Crippen LogP contribution in [0.2, 0.25) is 0 Å². The molecule has 1 aromatic heterocycles. The monoisotopic (exact) mass is 360 g/mol. The number of hydrogen-bond acceptors (Lipinski definition) is 4. The van der Waals surface area contributed by atoms with Gasteiger partial charge in [0.05, 0.1) is 22.4 Å². The molecule has 2 heterocycles. The van der Waals surface area contributed by atoms with Crippen LogP contribution in [0.1, 0.15) is 54.7 Å². The van der Waals surface area contributed by atoms with Gasteiger partial charge in [-0.3, -0.25) is 4.68 Å². The lowest BCUT2D eigenvalue weighted by atomic mass is 9.87. The molecule has 25 heavy (non-hydrogen) atoms. The van der Waals surface area contributed by atoms with Gasteiger partial charge in [0.1, 0.15) is 0 Å². The number of aromatic nitrogens is 2. The Kier molecular flexibility index (Phi) is 3.72. The van der Waals surface area contributed by atoms with E-state index in [9.17, 15) is 18.3 Å². The summed E-state index contributed by atoms with van der Waals surface area (Å²) in [7, 11) is -3.55. The summed E-state index contributed by atoms with van der Waals surface area (Å²) in [6, 6.07) is 6.94. The highest BCUT2D eigenvalue weighted by molar-refractivity contribution is 7.90. The Labute approximate surface area is 146 Å². The summed E-state index contributed by atoms with van der Waals surface area (Å²) in [6.45, 7) is 2.22. The van der Waals surface area contributed by atoms with E-state index >= 15 is 0 Å². The summed E-state index contributed by atoms with van der Waals surface area (Å²) in [5.74, 6) is -0.813.